The van der Waals surface area contributed by atoms with Gasteiger partial charge in [-0.1, -0.05) is 64.0 Å². The number of benzene rings is 1. The standard InChI is InChI=1S/C27H38O5/c1-2-3-4-11-14-23(28)15-12-9-7-5-6-8-10-13-16-26(29)31-24-19-17-22-18-20-27(30)32-25(22)21-24/h9,12,17-21,23,28H,2-8,10-11,13-16H2,1H3/b12-9-/t23-/m1/s1. The molecule has 1 aromatic heterocycles. The summed E-state index contributed by atoms with van der Waals surface area (Å²) < 4.78 is 10.5. The van der Waals surface area contributed by atoms with Gasteiger partial charge in [0.05, 0.1) is 6.10 Å². The number of hydrogen-bond acceptors (Lipinski definition) is 5. The third-order valence-corrected chi connectivity index (χ3v) is 5.54. The molecule has 2 rings (SSSR count). The zero-order valence-corrected chi connectivity index (χ0v) is 19.4. The monoisotopic (exact) mass is 442 g/mol. The van der Waals surface area contributed by atoms with Crippen molar-refractivity contribution < 1.29 is 19.1 Å². The van der Waals surface area contributed by atoms with Gasteiger partial charge in [0.15, 0.2) is 0 Å². The van der Waals surface area contributed by atoms with E-state index in [2.05, 4.69) is 19.1 Å². The van der Waals surface area contributed by atoms with E-state index < -0.39 is 5.63 Å². The van der Waals surface area contributed by atoms with E-state index in [1.165, 1.54) is 25.3 Å². The first-order chi connectivity index (χ1) is 15.6. The predicted molar refractivity (Wildman–Crippen MR) is 129 cm³/mol. The molecule has 32 heavy (non-hydrogen) atoms. The number of aliphatic hydroxyl groups excluding tert-OH is 1. The fourth-order valence-corrected chi connectivity index (χ4v) is 3.64. The lowest BCUT2D eigenvalue weighted by molar-refractivity contribution is -0.134. The Labute approximate surface area is 191 Å². The van der Waals surface area contributed by atoms with Crippen LogP contribution in [-0.2, 0) is 4.79 Å². The van der Waals surface area contributed by atoms with Gasteiger partial charge < -0.3 is 14.3 Å². The molecule has 0 saturated carbocycles. The Morgan fingerprint density at radius 2 is 1.75 bits per heavy atom. The van der Waals surface area contributed by atoms with Crippen molar-refractivity contribution in [3.05, 3.63) is 52.9 Å². The first-order valence-electron chi connectivity index (χ1n) is 12.2. The Kier molecular flexibility index (Phi) is 12.5. The lowest BCUT2D eigenvalue weighted by Gasteiger charge is -2.07. The molecule has 5 nitrogen and oxygen atoms in total. The largest absolute Gasteiger partial charge is 0.426 e. The highest BCUT2D eigenvalue weighted by Gasteiger charge is 2.07. The number of hydrogen-bond donors (Lipinski definition) is 1. The molecule has 176 valence electrons. The maximum Gasteiger partial charge on any atom is 0.336 e. The molecule has 0 aliphatic heterocycles. The fourth-order valence-electron chi connectivity index (χ4n) is 3.64. The summed E-state index contributed by atoms with van der Waals surface area (Å²) in [7, 11) is 0. The smallest absolute Gasteiger partial charge is 0.336 e. The van der Waals surface area contributed by atoms with Gasteiger partial charge in [-0.05, 0) is 50.3 Å². The van der Waals surface area contributed by atoms with Gasteiger partial charge in [-0.3, -0.25) is 4.79 Å². The van der Waals surface area contributed by atoms with Crippen LogP contribution in [0.1, 0.15) is 90.4 Å². The average Bonchev–Trinajstić information content (AvgIpc) is 2.77. The van der Waals surface area contributed by atoms with E-state index in [-0.39, 0.29) is 12.1 Å². The lowest BCUT2D eigenvalue weighted by Crippen LogP contribution is -2.07. The van der Waals surface area contributed by atoms with E-state index in [1.807, 2.05) is 0 Å². The van der Waals surface area contributed by atoms with Crippen LogP contribution in [0.5, 0.6) is 5.75 Å². The number of unbranched alkanes of at least 4 members (excludes halogenated alkanes) is 8. The molecule has 0 bridgehead atoms. The van der Waals surface area contributed by atoms with Crippen molar-refractivity contribution in [1.29, 1.82) is 0 Å². The number of rotatable bonds is 16. The first kappa shape index (κ1) is 25.9. The van der Waals surface area contributed by atoms with E-state index in [4.69, 9.17) is 9.15 Å². The minimum atomic E-state index is -0.424. The van der Waals surface area contributed by atoms with Crippen molar-refractivity contribution in [2.45, 2.75) is 96.5 Å². The molecule has 1 heterocycles. The number of fused-ring (bicyclic) bond motifs is 1. The van der Waals surface area contributed by atoms with E-state index in [1.54, 1.807) is 24.3 Å². The molecule has 1 aromatic carbocycles. The average molecular weight is 443 g/mol. The molecule has 0 spiro atoms. The summed E-state index contributed by atoms with van der Waals surface area (Å²) in [5, 5.41) is 10.7. The first-order valence-corrected chi connectivity index (χ1v) is 12.2. The van der Waals surface area contributed by atoms with E-state index in [0.29, 0.717) is 17.8 Å². The van der Waals surface area contributed by atoms with Crippen LogP contribution in [0, 0.1) is 0 Å². The van der Waals surface area contributed by atoms with E-state index in [0.717, 1.165) is 63.2 Å². The Hall–Kier alpha value is -2.40. The Morgan fingerprint density at radius 1 is 1.00 bits per heavy atom. The zero-order chi connectivity index (χ0) is 23.0. The van der Waals surface area contributed by atoms with Gasteiger partial charge in [-0.25, -0.2) is 4.79 Å². The second-order valence-corrected chi connectivity index (χ2v) is 8.44. The molecule has 1 N–H and O–H groups in total. The Balaban J connectivity index is 1.48. The molecule has 0 unspecified atom stereocenters. The van der Waals surface area contributed by atoms with E-state index >= 15 is 0 Å². The molecule has 0 aliphatic rings. The molecule has 2 aromatic rings. The number of carbonyl (C=O) groups excluding carboxylic acids is 1. The van der Waals surface area contributed by atoms with Crippen LogP contribution in [0.3, 0.4) is 0 Å². The quantitative estimate of drug-likeness (QED) is 0.103. The van der Waals surface area contributed by atoms with Crippen LogP contribution in [-0.4, -0.2) is 17.2 Å². The molecule has 0 aliphatic carbocycles. The number of carbonyl (C=O) groups is 1. The molecular weight excluding hydrogens is 404 g/mol. The van der Waals surface area contributed by atoms with Crippen LogP contribution in [0.4, 0.5) is 0 Å². The SMILES string of the molecule is CCCCCC[C@@H](O)C/C=C\CCCCCCCC(=O)Oc1ccc2ccc(=O)oc2c1. The Bertz CT molecular complexity index is 883. The van der Waals surface area contributed by atoms with Crippen molar-refractivity contribution in [3.63, 3.8) is 0 Å². The highest BCUT2D eigenvalue weighted by atomic mass is 16.5. The minimum absolute atomic E-state index is 0.198. The van der Waals surface area contributed by atoms with Gasteiger partial charge in [0.25, 0.3) is 0 Å². The Morgan fingerprint density at radius 3 is 2.59 bits per heavy atom. The fraction of sp³-hybridized carbons (Fsp3) is 0.556. The topological polar surface area (TPSA) is 76.7 Å². The summed E-state index contributed by atoms with van der Waals surface area (Å²) in [6.45, 7) is 2.20. The highest BCUT2D eigenvalue weighted by molar-refractivity contribution is 5.79. The molecule has 0 amide bonds. The van der Waals surface area contributed by atoms with Gasteiger partial charge in [-0.15, -0.1) is 0 Å². The maximum atomic E-state index is 12.0. The third-order valence-electron chi connectivity index (χ3n) is 5.54. The summed E-state index contributed by atoms with van der Waals surface area (Å²) in [4.78, 5) is 23.3. The minimum Gasteiger partial charge on any atom is -0.426 e. The molecule has 0 fully saturated rings. The summed E-state index contributed by atoms with van der Waals surface area (Å²) in [6.07, 6.45) is 17.2. The number of aliphatic hydroxyl groups is 1. The van der Waals surface area contributed by atoms with Gasteiger partial charge in [0.1, 0.15) is 11.3 Å². The van der Waals surface area contributed by atoms with Crippen LogP contribution in [0.2, 0.25) is 0 Å². The third kappa shape index (κ3) is 10.8. The van der Waals surface area contributed by atoms with Gasteiger partial charge in [0, 0.05) is 23.9 Å². The van der Waals surface area contributed by atoms with E-state index in [9.17, 15) is 14.7 Å². The van der Waals surface area contributed by atoms with Gasteiger partial charge in [-0.2, -0.15) is 0 Å². The number of allylic oxidation sites excluding steroid dienone is 1. The van der Waals surface area contributed by atoms with Gasteiger partial charge >= 0.3 is 11.6 Å². The summed E-state index contributed by atoms with van der Waals surface area (Å²) in [5.41, 5.74) is -0.00908. The molecule has 1 atom stereocenters. The normalized spacial score (nSPS) is 12.4. The molecular formula is C27H38O5. The molecule has 0 saturated heterocycles. The maximum absolute atomic E-state index is 12.0. The number of ether oxygens (including phenoxy) is 1. The van der Waals surface area contributed by atoms with Gasteiger partial charge in [0.2, 0.25) is 0 Å². The van der Waals surface area contributed by atoms with Crippen LogP contribution in [0.15, 0.2) is 51.7 Å². The van der Waals surface area contributed by atoms with Crippen LogP contribution >= 0.6 is 0 Å². The zero-order valence-electron chi connectivity index (χ0n) is 19.4. The summed E-state index contributed by atoms with van der Waals surface area (Å²) in [5.74, 6) is 0.133. The molecule has 0 radical (unpaired) electrons. The summed E-state index contributed by atoms with van der Waals surface area (Å²) in [6, 6.07) is 8.10. The predicted octanol–water partition coefficient (Wildman–Crippen LogP) is 6.71. The van der Waals surface area contributed by atoms with Crippen LogP contribution in [0.25, 0.3) is 11.0 Å². The van der Waals surface area contributed by atoms with Crippen LogP contribution < -0.4 is 10.4 Å². The van der Waals surface area contributed by atoms with Crippen molar-refractivity contribution >= 4 is 16.9 Å². The second kappa shape index (κ2) is 15.4. The summed E-state index contributed by atoms with van der Waals surface area (Å²) >= 11 is 0. The number of esters is 1. The van der Waals surface area contributed by atoms with Crippen molar-refractivity contribution in [3.8, 4) is 5.75 Å². The van der Waals surface area contributed by atoms with Crippen molar-refractivity contribution in [2.24, 2.45) is 0 Å². The molecule has 5 heteroatoms. The highest BCUT2D eigenvalue weighted by Crippen LogP contribution is 2.20. The van der Waals surface area contributed by atoms with Crippen molar-refractivity contribution in [2.75, 3.05) is 0 Å². The van der Waals surface area contributed by atoms with Crippen molar-refractivity contribution in [1.82, 2.24) is 0 Å². The lowest BCUT2D eigenvalue weighted by atomic mass is 10.1. The second-order valence-electron chi connectivity index (χ2n) is 8.44.